The zero-order valence-electron chi connectivity index (χ0n) is 28.3. The van der Waals surface area contributed by atoms with Gasteiger partial charge in [-0.05, 0) is 76.9 Å². The van der Waals surface area contributed by atoms with E-state index in [1.165, 1.54) is 53.8 Å². The van der Waals surface area contributed by atoms with E-state index in [0.717, 1.165) is 39.2 Å². The molecule has 242 valence electrons. The molecule has 2 aromatic heterocycles. The first-order valence-electron chi connectivity index (χ1n) is 17.4. The fourth-order valence-electron chi connectivity index (χ4n) is 7.83. The minimum atomic E-state index is -0.159. The molecule has 3 heterocycles. The number of anilines is 3. The van der Waals surface area contributed by atoms with Gasteiger partial charge in [-0.2, -0.15) is 0 Å². The van der Waals surface area contributed by atoms with Crippen molar-refractivity contribution in [1.29, 1.82) is 0 Å². The van der Waals surface area contributed by atoms with Gasteiger partial charge in [-0.15, -0.1) is 11.3 Å². The van der Waals surface area contributed by atoms with Crippen LogP contribution < -0.4 is 4.90 Å². The maximum Gasteiger partial charge on any atom is 0.160 e. The maximum atomic E-state index is 5.21. The fraction of sp³-hybridized carbons (Fsp3) is 0.0638. The van der Waals surface area contributed by atoms with E-state index in [2.05, 4.69) is 170 Å². The molecule has 0 radical (unpaired) electrons. The molecule has 0 bridgehead atoms. The third-order valence-electron chi connectivity index (χ3n) is 10.5. The van der Waals surface area contributed by atoms with Crippen molar-refractivity contribution in [2.24, 2.45) is 0 Å². The van der Waals surface area contributed by atoms with Gasteiger partial charge >= 0.3 is 0 Å². The molecule has 1 aliphatic rings. The summed E-state index contributed by atoms with van der Waals surface area (Å²) >= 11 is 1.87. The third-order valence-corrected chi connectivity index (χ3v) is 11.6. The molecule has 7 aromatic carbocycles. The van der Waals surface area contributed by atoms with Gasteiger partial charge in [0.05, 0.1) is 22.6 Å². The SMILES string of the molecule is CC1(C)c2ccccc2N(c2ccc(-c3nc(-c4ccc(-c5ccccc5)cc4)c4ccccc4n3)cc2)c2cc3sc4ccccc4c3cc21. The predicted molar refractivity (Wildman–Crippen MR) is 216 cm³/mol. The Hall–Kier alpha value is -6.10. The van der Waals surface area contributed by atoms with Crippen molar-refractivity contribution in [1.82, 2.24) is 9.97 Å². The van der Waals surface area contributed by atoms with Crippen LogP contribution in [0.25, 0.3) is 64.8 Å². The average molecular weight is 672 g/mol. The largest absolute Gasteiger partial charge is 0.310 e. The van der Waals surface area contributed by atoms with Gasteiger partial charge < -0.3 is 4.90 Å². The van der Waals surface area contributed by atoms with Crippen LogP contribution in [-0.4, -0.2) is 9.97 Å². The van der Waals surface area contributed by atoms with Crippen LogP contribution in [0.5, 0.6) is 0 Å². The second-order valence-electron chi connectivity index (χ2n) is 13.8. The van der Waals surface area contributed by atoms with Crippen LogP contribution in [0.15, 0.2) is 164 Å². The molecule has 9 aromatic rings. The van der Waals surface area contributed by atoms with E-state index in [1.807, 2.05) is 23.5 Å². The molecule has 0 saturated heterocycles. The zero-order valence-corrected chi connectivity index (χ0v) is 29.2. The second kappa shape index (κ2) is 11.5. The Balaban J connectivity index is 1.08. The monoisotopic (exact) mass is 671 g/mol. The molecule has 51 heavy (non-hydrogen) atoms. The van der Waals surface area contributed by atoms with Crippen molar-refractivity contribution in [2.45, 2.75) is 19.3 Å². The first-order valence-corrected chi connectivity index (χ1v) is 18.2. The highest BCUT2D eigenvalue weighted by Crippen LogP contribution is 2.54. The van der Waals surface area contributed by atoms with Crippen molar-refractivity contribution in [3.8, 4) is 33.8 Å². The highest BCUT2D eigenvalue weighted by molar-refractivity contribution is 7.25. The number of rotatable bonds is 4. The van der Waals surface area contributed by atoms with Crippen molar-refractivity contribution in [2.75, 3.05) is 4.90 Å². The first kappa shape index (κ1) is 29.8. The minimum absolute atomic E-state index is 0.159. The lowest BCUT2D eigenvalue weighted by Gasteiger charge is -2.42. The molecule has 0 aliphatic carbocycles. The van der Waals surface area contributed by atoms with Gasteiger partial charge in [-0.1, -0.05) is 123 Å². The molecule has 0 spiro atoms. The van der Waals surface area contributed by atoms with Gasteiger partial charge in [0.1, 0.15) is 0 Å². The van der Waals surface area contributed by atoms with Gasteiger partial charge in [0.2, 0.25) is 0 Å². The van der Waals surface area contributed by atoms with Crippen molar-refractivity contribution >= 4 is 59.5 Å². The van der Waals surface area contributed by atoms with Gasteiger partial charge in [0.15, 0.2) is 5.82 Å². The molecular weight excluding hydrogens is 639 g/mol. The topological polar surface area (TPSA) is 29.0 Å². The molecule has 4 heteroatoms. The minimum Gasteiger partial charge on any atom is -0.310 e. The fourth-order valence-corrected chi connectivity index (χ4v) is 8.95. The standard InChI is InChI=1S/C47H33N3S/c1-47(2)38-16-8-10-18-41(38)50(42-29-44-37(28-39(42)47)35-14-7-11-19-43(35)51-44)34-26-24-33(25-27-34)46-48-40-17-9-6-15-36(40)45(49-46)32-22-20-31(21-23-32)30-12-4-3-5-13-30/h3-29H,1-2H3. The summed E-state index contributed by atoms with van der Waals surface area (Å²) in [4.78, 5) is 12.7. The van der Waals surface area contributed by atoms with Gasteiger partial charge in [0.25, 0.3) is 0 Å². The number of hydrogen-bond donors (Lipinski definition) is 0. The van der Waals surface area contributed by atoms with E-state index in [-0.39, 0.29) is 5.41 Å². The smallest absolute Gasteiger partial charge is 0.160 e. The summed E-state index contributed by atoms with van der Waals surface area (Å²) in [6, 6.07) is 58.7. The lowest BCUT2D eigenvalue weighted by atomic mass is 9.73. The summed E-state index contributed by atoms with van der Waals surface area (Å²) in [5.41, 5.74) is 12.4. The molecule has 3 nitrogen and oxygen atoms in total. The lowest BCUT2D eigenvalue weighted by Crippen LogP contribution is -2.30. The summed E-state index contributed by atoms with van der Waals surface area (Å²) < 4.78 is 2.63. The Morgan fingerprint density at radius 1 is 0.471 bits per heavy atom. The van der Waals surface area contributed by atoms with Gasteiger partial charge in [0, 0.05) is 47.8 Å². The Morgan fingerprint density at radius 2 is 1.12 bits per heavy atom. The van der Waals surface area contributed by atoms with Crippen molar-refractivity contribution in [3.05, 3.63) is 175 Å². The van der Waals surface area contributed by atoms with Gasteiger partial charge in [-0.3, -0.25) is 0 Å². The molecule has 0 saturated carbocycles. The van der Waals surface area contributed by atoms with Crippen LogP contribution in [0.1, 0.15) is 25.0 Å². The molecule has 10 rings (SSSR count). The van der Waals surface area contributed by atoms with Gasteiger partial charge in [-0.25, -0.2) is 9.97 Å². The number of para-hydroxylation sites is 2. The third kappa shape index (κ3) is 4.79. The van der Waals surface area contributed by atoms with E-state index in [9.17, 15) is 0 Å². The number of aromatic nitrogens is 2. The van der Waals surface area contributed by atoms with Crippen LogP contribution in [0, 0.1) is 0 Å². The number of nitrogens with zero attached hydrogens (tertiary/aromatic N) is 3. The Morgan fingerprint density at radius 3 is 1.94 bits per heavy atom. The number of hydrogen-bond acceptors (Lipinski definition) is 4. The highest BCUT2D eigenvalue weighted by atomic mass is 32.1. The summed E-state index contributed by atoms with van der Waals surface area (Å²) in [6.07, 6.45) is 0. The molecule has 1 aliphatic heterocycles. The Kier molecular flexibility index (Phi) is 6.70. The lowest BCUT2D eigenvalue weighted by molar-refractivity contribution is 0.633. The number of thiophene rings is 1. The molecule has 0 atom stereocenters. The molecule has 0 amide bonds. The summed E-state index contributed by atoms with van der Waals surface area (Å²) in [5.74, 6) is 0.718. The van der Waals surface area contributed by atoms with E-state index in [4.69, 9.17) is 9.97 Å². The van der Waals surface area contributed by atoms with Crippen molar-refractivity contribution in [3.63, 3.8) is 0 Å². The highest BCUT2D eigenvalue weighted by Gasteiger charge is 2.37. The second-order valence-corrected chi connectivity index (χ2v) is 14.9. The maximum absolute atomic E-state index is 5.21. The average Bonchev–Trinajstić information content (AvgIpc) is 3.55. The van der Waals surface area contributed by atoms with Crippen LogP contribution in [-0.2, 0) is 5.41 Å². The van der Waals surface area contributed by atoms with Crippen LogP contribution in [0.2, 0.25) is 0 Å². The first-order chi connectivity index (χ1) is 25.0. The van der Waals surface area contributed by atoms with E-state index >= 15 is 0 Å². The molecular formula is C47H33N3S. The quantitative estimate of drug-likeness (QED) is 0.186. The van der Waals surface area contributed by atoms with Crippen LogP contribution in [0.3, 0.4) is 0 Å². The predicted octanol–water partition coefficient (Wildman–Crippen LogP) is 13.1. The molecule has 0 fully saturated rings. The zero-order chi connectivity index (χ0) is 34.1. The number of fused-ring (bicyclic) bond motifs is 6. The summed E-state index contributed by atoms with van der Waals surface area (Å²) in [6.45, 7) is 4.71. The van der Waals surface area contributed by atoms with E-state index < -0.39 is 0 Å². The summed E-state index contributed by atoms with van der Waals surface area (Å²) in [5, 5.41) is 3.70. The van der Waals surface area contributed by atoms with E-state index in [0.29, 0.717) is 0 Å². The van der Waals surface area contributed by atoms with Crippen LogP contribution >= 0.6 is 11.3 Å². The molecule has 0 N–H and O–H groups in total. The van der Waals surface area contributed by atoms with Crippen LogP contribution in [0.4, 0.5) is 17.1 Å². The Labute approximate surface area is 301 Å². The molecule has 0 unspecified atom stereocenters. The normalized spacial score (nSPS) is 13.4. The summed E-state index contributed by atoms with van der Waals surface area (Å²) in [7, 11) is 0. The van der Waals surface area contributed by atoms with Crippen molar-refractivity contribution < 1.29 is 0 Å². The number of benzene rings is 7. The van der Waals surface area contributed by atoms with E-state index in [1.54, 1.807) is 0 Å². The Bertz CT molecular complexity index is 2760.